The number of hydrazone groups is 1. The van der Waals surface area contributed by atoms with Crippen LogP contribution in [0.15, 0.2) is 5.10 Å². The van der Waals surface area contributed by atoms with Crippen molar-refractivity contribution in [1.29, 1.82) is 0 Å². The summed E-state index contributed by atoms with van der Waals surface area (Å²) >= 11 is 0. The van der Waals surface area contributed by atoms with Gasteiger partial charge in [0.2, 0.25) is 11.2 Å². The lowest BCUT2D eigenvalue weighted by molar-refractivity contribution is -0.112. The van der Waals surface area contributed by atoms with Crippen LogP contribution in [-0.4, -0.2) is 30.3 Å². The zero-order valence-electron chi connectivity index (χ0n) is 4.68. The summed E-state index contributed by atoms with van der Waals surface area (Å²) in [5.41, 5.74) is 1.93. The number of Topliss-reactive ketones (excluding diaryl/α,β-unsaturated/α-hetero) is 1. The monoisotopic (exact) mass is 164 g/mol. The lowest BCUT2D eigenvalue weighted by Crippen LogP contribution is -2.35. The summed E-state index contributed by atoms with van der Waals surface area (Å²) in [6.07, 6.45) is 0.804. The normalized spacial score (nSPS) is 24.9. The molecule has 1 unspecified atom stereocenters. The summed E-state index contributed by atoms with van der Waals surface area (Å²) in [5, 5.41) is 1.54. The molecule has 1 heterocycles. The molecule has 0 aromatic rings. The van der Waals surface area contributed by atoms with Crippen molar-refractivity contribution < 1.29 is 17.8 Å². The van der Waals surface area contributed by atoms with Crippen LogP contribution in [0.2, 0.25) is 0 Å². The van der Waals surface area contributed by atoms with Crippen LogP contribution < -0.4 is 5.43 Å². The van der Waals surface area contributed by atoms with Gasteiger partial charge in [0, 0.05) is 0 Å². The standard InChI is InChI=1S/C3H4N2O4S/c6-2-1-4-5-3(2)10(7,8)9/h1,3,5H,(H,7,8,9). The first-order valence-electron chi connectivity index (χ1n) is 2.30. The zero-order valence-corrected chi connectivity index (χ0v) is 5.50. The molecule has 56 valence electrons. The van der Waals surface area contributed by atoms with Gasteiger partial charge < -0.3 is 0 Å². The Morgan fingerprint density at radius 3 is 2.50 bits per heavy atom. The molecule has 7 heteroatoms. The molecule has 0 aromatic carbocycles. The van der Waals surface area contributed by atoms with Crippen molar-refractivity contribution in [2.75, 3.05) is 0 Å². The van der Waals surface area contributed by atoms with E-state index in [0.29, 0.717) is 0 Å². The molecule has 0 aromatic heterocycles. The summed E-state index contributed by atoms with van der Waals surface area (Å²) in [7, 11) is -4.34. The minimum absolute atomic E-state index is 0.762. The second kappa shape index (κ2) is 2.03. The summed E-state index contributed by atoms with van der Waals surface area (Å²) in [6, 6.07) is 0. The van der Waals surface area contributed by atoms with Gasteiger partial charge in [-0.1, -0.05) is 0 Å². The van der Waals surface area contributed by atoms with E-state index < -0.39 is 21.3 Å². The first-order valence-corrected chi connectivity index (χ1v) is 3.81. The SMILES string of the molecule is O=C1C=NNC1S(=O)(=O)O. The van der Waals surface area contributed by atoms with Gasteiger partial charge in [-0.3, -0.25) is 14.8 Å². The quantitative estimate of drug-likeness (QED) is 0.453. The molecule has 0 bridgehead atoms. The number of ketones is 1. The zero-order chi connectivity index (χ0) is 7.78. The van der Waals surface area contributed by atoms with E-state index in [4.69, 9.17) is 4.55 Å². The number of carbonyl (C=O) groups is 1. The second-order valence-electron chi connectivity index (χ2n) is 1.68. The number of nitrogens with one attached hydrogen (secondary N) is 1. The minimum Gasteiger partial charge on any atom is -0.289 e. The van der Waals surface area contributed by atoms with Crippen LogP contribution in [0.3, 0.4) is 0 Å². The smallest absolute Gasteiger partial charge is 0.289 e. The van der Waals surface area contributed by atoms with E-state index in [9.17, 15) is 13.2 Å². The molecule has 1 atom stereocenters. The number of rotatable bonds is 1. The third kappa shape index (κ3) is 1.14. The van der Waals surface area contributed by atoms with Gasteiger partial charge in [0.15, 0.2) is 0 Å². The number of hydrogen-bond donors (Lipinski definition) is 2. The maximum atomic E-state index is 10.5. The van der Waals surface area contributed by atoms with Crippen molar-refractivity contribution in [3.8, 4) is 0 Å². The summed E-state index contributed by atoms with van der Waals surface area (Å²) in [4.78, 5) is 10.5. The van der Waals surface area contributed by atoms with Crippen molar-refractivity contribution in [3.63, 3.8) is 0 Å². The van der Waals surface area contributed by atoms with Gasteiger partial charge in [-0.05, 0) is 0 Å². The average molecular weight is 164 g/mol. The molecule has 1 aliphatic rings. The summed E-state index contributed by atoms with van der Waals surface area (Å²) in [5.74, 6) is -0.762. The highest BCUT2D eigenvalue weighted by molar-refractivity contribution is 7.87. The summed E-state index contributed by atoms with van der Waals surface area (Å²) < 4.78 is 28.8. The van der Waals surface area contributed by atoms with Crippen LogP contribution in [0.1, 0.15) is 0 Å². The fourth-order valence-corrected chi connectivity index (χ4v) is 1.06. The molecule has 0 aliphatic carbocycles. The molecule has 6 nitrogen and oxygen atoms in total. The lowest BCUT2D eigenvalue weighted by atomic mass is 10.5. The highest BCUT2D eigenvalue weighted by Gasteiger charge is 2.32. The molecule has 10 heavy (non-hydrogen) atoms. The van der Waals surface area contributed by atoms with Crippen molar-refractivity contribution in [3.05, 3.63) is 0 Å². The van der Waals surface area contributed by atoms with Crippen LogP contribution in [0, 0.1) is 0 Å². The van der Waals surface area contributed by atoms with Crippen LogP contribution in [0.25, 0.3) is 0 Å². The van der Waals surface area contributed by atoms with Crippen molar-refractivity contribution in [1.82, 2.24) is 5.43 Å². The molecule has 0 spiro atoms. The average Bonchev–Trinajstić information content (AvgIpc) is 2.11. The predicted molar refractivity (Wildman–Crippen MR) is 32.0 cm³/mol. The van der Waals surface area contributed by atoms with E-state index in [1.54, 1.807) is 0 Å². The van der Waals surface area contributed by atoms with Gasteiger partial charge in [0.25, 0.3) is 10.1 Å². The Hall–Kier alpha value is -0.950. The fraction of sp³-hybridized carbons (Fsp3) is 0.333. The van der Waals surface area contributed by atoms with Crippen LogP contribution >= 0.6 is 0 Å². The van der Waals surface area contributed by atoms with E-state index >= 15 is 0 Å². The van der Waals surface area contributed by atoms with E-state index in [-0.39, 0.29) is 0 Å². The van der Waals surface area contributed by atoms with Gasteiger partial charge in [0.1, 0.15) is 0 Å². The molecular formula is C3H4N2O4S. The van der Waals surface area contributed by atoms with Gasteiger partial charge >= 0.3 is 0 Å². The molecule has 1 aliphatic heterocycles. The Kier molecular flexibility index (Phi) is 1.45. The van der Waals surface area contributed by atoms with Gasteiger partial charge in [-0.15, -0.1) is 0 Å². The Balaban J connectivity index is 2.90. The lowest BCUT2D eigenvalue weighted by Gasteiger charge is -2.01. The Labute approximate surface area is 56.7 Å². The van der Waals surface area contributed by atoms with Crippen molar-refractivity contribution >= 4 is 22.1 Å². The highest BCUT2D eigenvalue weighted by Crippen LogP contribution is 1.99. The van der Waals surface area contributed by atoms with E-state index in [0.717, 1.165) is 6.21 Å². The third-order valence-corrected chi connectivity index (χ3v) is 1.87. The van der Waals surface area contributed by atoms with Crippen LogP contribution in [0.5, 0.6) is 0 Å². The Bertz CT molecular complexity index is 279. The first-order chi connectivity index (χ1) is 4.52. The topological polar surface area (TPSA) is 95.8 Å². The van der Waals surface area contributed by atoms with Crippen LogP contribution in [0.4, 0.5) is 0 Å². The van der Waals surface area contributed by atoms with E-state index in [2.05, 4.69) is 5.10 Å². The molecule has 0 amide bonds. The maximum Gasteiger partial charge on any atom is 0.295 e. The highest BCUT2D eigenvalue weighted by atomic mass is 32.2. The van der Waals surface area contributed by atoms with Gasteiger partial charge in [-0.25, -0.2) is 0 Å². The largest absolute Gasteiger partial charge is 0.295 e. The molecule has 2 N–H and O–H groups in total. The van der Waals surface area contributed by atoms with E-state index in [1.165, 1.54) is 0 Å². The number of hydrogen-bond acceptors (Lipinski definition) is 5. The Morgan fingerprint density at radius 2 is 2.30 bits per heavy atom. The van der Waals surface area contributed by atoms with E-state index in [1.807, 2.05) is 5.43 Å². The fourth-order valence-electron chi connectivity index (χ4n) is 0.513. The predicted octanol–water partition coefficient (Wildman–Crippen LogP) is -1.64. The molecule has 0 saturated heterocycles. The van der Waals surface area contributed by atoms with Crippen LogP contribution in [-0.2, 0) is 14.9 Å². The summed E-state index contributed by atoms with van der Waals surface area (Å²) in [6.45, 7) is 0. The first kappa shape index (κ1) is 7.16. The van der Waals surface area contributed by atoms with Gasteiger partial charge in [-0.2, -0.15) is 13.5 Å². The molecule has 0 saturated carbocycles. The minimum atomic E-state index is -4.34. The second-order valence-corrected chi connectivity index (χ2v) is 3.19. The van der Waals surface area contributed by atoms with Crippen molar-refractivity contribution in [2.24, 2.45) is 5.10 Å². The molecule has 1 rings (SSSR count). The maximum absolute atomic E-state index is 10.5. The van der Waals surface area contributed by atoms with Crippen molar-refractivity contribution in [2.45, 2.75) is 5.37 Å². The number of carbonyl (C=O) groups excluding carboxylic acids is 1. The van der Waals surface area contributed by atoms with Gasteiger partial charge in [0.05, 0.1) is 6.21 Å². The molecular weight excluding hydrogens is 160 g/mol. The molecule has 0 fully saturated rings. The Morgan fingerprint density at radius 1 is 1.70 bits per heavy atom. The molecule has 0 radical (unpaired) electrons. The third-order valence-electron chi connectivity index (χ3n) is 0.940. The number of nitrogens with zero attached hydrogens (tertiary/aromatic N) is 1.